The first-order chi connectivity index (χ1) is 19.2. The molecule has 0 aliphatic carbocycles. The van der Waals surface area contributed by atoms with Gasteiger partial charge < -0.3 is 15.0 Å². The summed E-state index contributed by atoms with van der Waals surface area (Å²) in [6.07, 6.45) is 0.572. The zero-order valence-corrected chi connectivity index (χ0v) is 22.2. The van der Waals surface area contributed by atoms with E-state index in [1.165, 1.54) is 28.9 Å². The lowest BCUT2D eigenvalue weighted by molar-refractivity contribution is 0.0996. The molecule has 5 rings (SSSR count). The number of para-hydroxylation sites is 1. The number of nitrogens with one attached hydrogen (secondary N) is 1. The fourth-order valence-electron chi connectivity index (χ4n) is 4.30. The summed E-state index contributed by atoms with van der Waals surface area (Å²) in [5.74, 6) is -0.951. The molecule has 0 saturated heterocycles. The van der Waals surface area contributed by atoms with Crippen molar-refractivity contribution < 1.29 is 23.1 Å². The van der Waals surface area contributed by atoms with Crippen molar-refractivity contribution in [3.05, 3.63) is 77.2 Å². The number of rotatable bonds is 7. The number of fused-ring (bicyclic) bond motifs is 1. The van der Waals surface area contributed by atoms with Crippen molar-refractivity contribution in [3.63, 3.8) is 0 Å². The first-order valence-electron chi connectivity index (χ1n) is 12.4. The lowest BCUT2D eigenvalue weighted by Crippen LogP contribution is -2.27. The summed E-state index contributed by atoms with van der Waals surface area (Å²) < 4.78 is 35.5. The molecule has 0 saturated carbocycles. The number of hydrogen-bond donors (Lipinski definition) is 1. The minimum atomic E-state index is -0.788. The largest absolute Gasteiger partial charge is 0.443 e. The summed E-state index contributed by atoms with van der Waals surface area (Å²) in [5, 5.41) is 10.2. The van der Waals surface area contributed by atoms with Crippen molar-refractivity contribution in [1.29, 1.82) is 0 Å². The number of anilines is 2. The van der Waals surface area contributed by atoms with E-state index in [0.717, 1.165) is 12.1 Å². The van der Waals surface area contributed by atoms with E-state index in [-0.39, 0.29) is 42.3 Å². The summed E-state index contributed by atoms with van der Waals surface area (Å²) in [5.41, 5.74) is 1.39. The molecule has 4 aromatic rings. The van der Waals surface area contributed by atoms with Gasteiger partial charge in [0.2, 0.25) is 0 Å². The molecule has 0 atom stereocenters. The van der Waals surface area contributed by atoms with Gasteiger partial charge in [-0.2, -0.15) is 0 Å². The fraction of sp³-hybridized carbons (Fsp3) is 0.259. The van der Waals surface area contributed by atoms with Gasteiger partial charge in [-0.3, -0.25) is 14.3 Å². The van der Waals surface area contributed by atoms with E-state index in [1.807, 2.05) is 25.8 Å². The fourth-order valence-corrected chi connectivity index (χ4v) is 4.30. The van der Waals surface area contributed by atoms with Crippen molar-refractivity contribution in [3.8, 4) is 17.2 Å². The van der Waals surface area contributed by atoms with Crippen molar-refractivity contribution in [1.82, 2.24) is 30.0 Å². The molecule has 13 heteroatoms. The smallest absolute Gasteiger partial charge is 0.407 e. The first kappa shape index (κ1) is 26.7. The highest BCUT2D eigenvalue weighted by molar-refractivity contribution is 6.10. The molecule has 1 aliphatic rings. The van der Waals surface area contributed by atoms with Gasteiger partial charge in [0.1, 0.15) is 47.6 Å². The highest BCUT2D eigenvalue weighted by Crippen LogP contribution is 2.33. The van der Waals surface area contributed by atoms with Crippen LogP contribution in [0.1, 0.15) is 35.5 Å². The summed E-state index contributed by atoms with van der Waals surface area (Å²) in [6, 6.07) is 10.3. The maximum absolute atomic E-state index is 14.5. The zero-order valence-electron chi connectivity index (χ0n) is 22.2. The van der Waals surface area contributed by atoms with E-state index < -0.39 is 17.7 Å². The monoisotopic (exact) mass is 548 g/mol. The third-order valence-electron chi connectivity index (χ3n) is 6.63. The van der Waals surface area contributed by atoms with Crippen LogP contribution in [0.3, 0.4) is 0 Å². The number of benzene rings is 1. The number of halogens is 2. The Balaban J connectivity index is 1.52. The van der Waals surface area contributed by atoms with Crippen LogP contribution >= 0.6 is 0 Å². The minimum absolute atomic E-state index is 0.0946. The standard InChI is InChI=1S/C27H26F2N8O3/c1-15(2)35(4)23-11-16-17(21(33-23)13-40-27(39)30-3)12-36(26(16)38)22-10-6-9-20(32-22)25-34-31-14-37(25)24-18(28)7-5-8-19(24)29/h5-11,14-15H,12-13H2,1-4H3,(H,30,39). The van der Waals surface area contributed by atoms with Gasteiger partial charge >= 0.3 is 6.09 Å². The van der Waals surface area contributed by atoms with Gasteiger partial charge in [0, 0.05) is 25.7 Å². The average molecular weight is 549 g/mol. The van der Waals surface area contributed by atoms with E-state index in [4.69, 9.17) is 4.74 Å². The van der Waals surface area contributed by atoms with Crippen LogP contribution in [0.2, 0.25) is 0 Å². The van der Waals surface area contributed by atoms with E-state index in [1.54, 1.807) is 24.3 Å². The number of hydrogen-bond acceptors (Lipinski definition) is 8. The zero-order chi connectivity index (χ0) is 28.6. The van der Waals surface area contributed by atoms with Gasteiger partial charge in [0.15, 0.2) is 5.82 Å². The molecule has 3 aromatic heterocycles. The lowest BCUT2D eigenvalue weighted by atomic mass is 10.1. The molecular weight excluding hydrogens is 522 g/mol. The Morgan fingerprint density at radius 3 is 2.58 bits per heavy atom. The molecule has 1 N–H and O–H groups in total. The summed E-state index contributed by atoms with van der Waals surface area (Å²) >= 11 is 0. The van der Waals surface area contributed by atoms with Crippen LogP contribution in [0.4, 0.5) is 25.2 Å². The third kappa shape index (κ3) is 4.81. The molecule has 40 heavy (non-hydrogen) atoms. The Hall–Kier alpha value is -4.94. The number of carbonyl (C=O) groups excluding carboxylic acids is 2. The maximum atomic E-state index is 14.5. The van der Waals surface area contributed by atoms with Crippen LogP contribution in [0.5, 0.6) is 0 Å². The predicted octanol–water partition coefficient (Wildman–Crippen LogP) is 3.86. The van der Waals surface area contributed by atoms with Crippen molar-refractivity contribution in [2.24, 2.45) is 0 Å². The Kier molecular flexibility index (Phi) is 7.11. The molecule has 206 valence electrons. The number of pyridine rings is 2. The summed E-state index contributed by atoms with van der Waals surface area (Å²) in [4.78, 5) is 38.1. The van der Waals surface area contributed by atoms with Crippen LogP contribution in [-0.2, 0) is 17.9 Å². The van der Waals surface area contributed by atoms with Gasteiger partial charge in [0.25, 0.3) is 5.91 Å². The molecule has 0 fully saturated rings. The normalized spacial score (nSPS) is 12.6. The third-order valence-corrected chi connectivity index (χ3v) is 6.63. The quantitative estimate of drug-likeness (QED) is 0.370. The molecule has 2 amide bonds. The van der Waals surface area contributed by atoms with Crippen LogP contribution in [-0.4, -0.2) is 56.9 Å². The number of carbonyl (C=O) groups is 2. The van der Waals surface area contributed by atoms with E-state index in [2.05, 4.69) is 25.5 Å². The maximum Gasteiger partial charge on any atom is 0.407 e. The molecule has 4 heterocycles. The second-order valence-electron chi connectivity index (χ2n) is 9.35. The first-order valence-corrected chi connectivity index (χ1v) is 12.4. The van der Waals surface area contributed by atoms with Gasteiger partial charge in [-0.15, -0.1) is 10.2 Å². The molecular formula is C27H26F2N8O3. The number of amides is 2. The van der Waals surface area contributed by atoms with Crippen molar-refractivity contribution in [2.75, 3.05) is 23.9 Å². The molecule has 11 nitrogen and oxygen atoms in total. The molecule has 1 aromatic carbocycles. The van der Waals surface area contributed by atoms with Crippen LogP contribution in [0, 0.1) is 11.6 Å². The predicted molar refractivity (Wildman–Crippen MR) is 142 cm³/mol. The Morgan fingerprint density at radius 1 is 1.15 bits per heavy atom. The average Bonchev–Trinajstić information content (AvgIpc) is 3.56. The number of aromatic nitrogens is 5. The number of nitrogens with zero attached hydrogens (tertiary/aromatic N) is 7. The summed E-state index contributed by atoms with van der Waals surface area (Å²) in [6.45, 7) is 3.98. The Bertz CT molecular complexity index is 1590. The summed E-state index contributed by atoms with van der Waals surface area (Å²) in [7, 11) is 3.31. The molecule has 0 spiro atoms. The highest BCUT2D eigenvalue weighted by Gasteiger charge is 2.34. The minimum Gasteiger partial charge on any atom is -0.443 e. The highest BCUT2D eigenvalue weighted by atomic mass is 19.1. The molecule has 0 radical (unpaired) electrons. The second kappa shape index (κ2) is 10.7. The van der Waals surface area contributed by atoms with Crippen LogP contribution < -0.4 is 15.1 Å². The molecule has 0 bridgehead atoms. The molecule has 1 aliphatic heterocycles. The van der Waals surface area contributed by atoms with E-state index >= 15 is 0 Å². The van der Waals surface area contributed by atoms with Crippen LogP contribution in [0.15, 0.2) is 48.8 Å². The topological polar surface area (TPSA) is 118 Å². The van der Waals surface area contributed by atoms with E-state index in [9.17, 15) is 18.4 Å². The van der Waals surface area contributed by atoms with Gasteiger partial charge in [-0.05, 0) is 44.2 Å². The second-order valence-corrected chi connectivity index (χ2v) is 9.35. The Labute approximate surface area is 228 Å². The van der Waals surface area contributed by atoms with Gasteiger partial charge in [-0.1, -0.05) is 12.1 Å². The van der Waals surface area contributed by atoms with E-state index in [0.29, 0.717) is 28.5 Å². The lowest BCUT2D eigenvalue weighted by Gasteiger charge is -2.23. The van der Waals surface area contributed by atoms with Crippen LogP contribution in [0.25, 0.3) is 17.2 Å². The van der Waals surface area contributed by atoms with Crippen molar-refractivity contribution >= 4 is 23.6 Å². The molecule has 0 unspecified atom stereocenters. The Morgan fingerprint density at radius 2 is 1.88 bits per heavy atom. The SMILES string of the molecule is CNC(=O)OCc1nc(N(C)C(C)C)cc2c1CN(c1cccc(-c3nncn3-c3c(F)cccc3F)n1)C2=O. The number of alkyl carbamates (subject to hydrolysis) is 1. The van der Waals surface area contributed by atoms with Crippen molar-refractivity contribution in [2.45, 2.75) is 33.0 Å². The van der Waals surface area contributed by atoms with Gasteiger partial charge in [0.05, 0.1) is 17.8 Å². The van der Waals surface area contributed by atoms with Gasteiger partial charge in [-0.25, -0.2) is 23.5 Å². The number of ether oxygens (including phenoxy) is 1.